The molecule has 1 aliphatic carbocycles. The molecular formula is C14H22BrN3OS. The van der Waals surface area contributed by atoms with Crippen molar-refractivity contribution in [3.8, 4) is 0 Å². The molecule has 1 heterocycles. The minimum atomic E-state index is -0.0478. The maximum atomic E-state index is 12.2. The van der Waals surface area contributed by atoms with E-state index in [1.54, 1.807) is 6.20 Å². The fourth-order valence-corrected chi connectivity index (χ4v) is 4.04. The molecule has 1 saturated carbocycles. The monoisotopic (exact) mass is 359 g/mol. The number of nitrogens with zero attached hydrogens (tertiary/aromatic N) is 2. The average Bonchev–Trinajstić information content (AvgIpc) is 2.47. The van der Waals surface area contributed by atoms with Crippen molar-refractivity contribution in [3.63, 3.8) is 0 Å². The molecule has 0 radical (unpaired) electrons. The Bertz CT molecular complexity index is 506. The van der Waals surface area contributed by atoms with Crippen LogP contribution in [0.1, 0.15) is 39.0 Å². The number of anilines is 1. The number of hydrogen-bond acceptors (Lipinski definition) is 4. The van der Waals surface area contributed by atoms with Gasteiger partial charge in [-0.05, 0) is 41.4 Å². The Hall–Kier alpha value is -0.490. The van der Waals surface area contributed by atoms with Crippen LogP contribution < -0.4 is 10.9 Å². The molecule has 1 aromatic rings. The minimum Gasteiger partial charge on any atom is -0.379 e. The van der Waals surface area contributed by atoms with Crippen LogP contribution in [0, 0.1) is 0 Å². The molecule has 112 valence electrons. The predicted octanol–water partition coefficient (Wildman–Crippen LogP) is 3.50. The van der Waals surface area contributed by atoms with E-state index in [0.717, 1.165) is 18.5 Å². The number of thioether (sulfide) groups is 1. The number of halogens is 1. The molecule has 2 unspecified atom stereocenters. The van der Waals surface area contributed by atoms with E-state index < -0.39 is 0 Å². The summed E-state index contributed by atoms with van der Waals surface area (Å²) in [5.74, 6) is 0. The van der Waals surface area contributed by atoms with E-state index in [1.165, 1.54) is 23.9 Å². The van der Waals surface area contributed by atoms with Gasteiger partial charge in [0.25, 0.3) is 5.56 Å². The molecule has 1 aromatic heterocycles. The quantitative estimate of drug-likeness (QED) is 0.873. The van der Waals surface area contributed by atoms with Crippen LogP contribution in [0.5, 0.6) is 0 Å². The Balaban J connectivity index is 2.17. The largest absolute Gasteiger partial charge is 0.379 e. The Kier molecular flexibility index (Phi) is 5.96. The first-order valence-electron chi connectivity index (χ1n) is 7.22. The fourth-order valence-electron chi connectivity index (χ4n) is 2.68. The lowest BCUT2D eigenvalue weighted by molar-refractivity contribution is 0.474. The highest BCUT2D eigenvalue weighted by atomic mass is 79.9. The Morgan fingerprint density at radius 1 is 1.50 bits per heavy atom. The second kappa shape index (κ2) is 7.50. The van der Waals surface area contributed by atoms with Gasteiger partial charge in [-0.1, -0.05) is 19.8 Å². The van der Waals surface area contributed by atoms with Gasteiger partial charge in [0, 0.05) is 17.8 Å². The van der Waals surface area contributed by atoms with Crippen molar-refractivity contribution in [2.24, 2.45) is 0 Å². The summed E-state index contributed by atoms with van der Waals surface area (Å²) in [6.07, 6.45) is 9.81. The summed E-state index contributed by atoms with van der Waals surface area (Å²) in [4.78, 5) is 12.2. The fraction of sp³-hybridized carbons (Fsp3) is 0.714. The van der Waals surface area contributed by atoms with Crippen molar-refractivity contribution in [1.82, 2.24) is 9.78 Å². The number of rotatable bonds is 5. The summed E-state index contributed by atoms with van der Waals surface area (Å²) in [5, 5.41) is 8.39. The van der Waals surface area contributed by atoms with E-state index >= 15 is 0 Å². The normalized spacial score (nSPS) is 22.8. The van der Waals surface area contributed by atoms with Crippen molar-refractivity contribution in [2.75, 3.05) is 11.6 Å². The lowest BCUT2D eigenvalue weighted by Crippen LogP contribution is -2.35. The van der Waals surface area contributed by atoms with Gasteiger partial charge in [-0.3, -0.25) is 4.79 Å². The summed E-state index contributed by atoms with van der Waals surface area (Å²) in [6.45, 7) is 2.70. The highest BCUT2D eigenvalue weighted by Gasteiger charge is 2.25. The molecule has 4 nitrogen and oxygen atoms in total. The topological polar surface area (TPSA) is 46.9 Å². The van der Waals surface area contributed by atoms with Crippen molar-refractivity contribution >= 4 is 33.4 Å². The smallest absolute Gasteiger partial charge is 0.283 e. The van der Waals surface area contributed by atoms with Gasteiger partial charge < -0.3 is 5.32 Å². The number of aryl methyl sites for hydroxylation is 1. The van der Waals surface area contributed by atoms with Gasteiger partial charge in [-0.15, -0.1) is 0 Å². The van der Waals surface area contributed by atoms with Gasteiger partial charge in [0.2, 0.25) is 0 Å². The van der Waals surface area contributed by atoms with E-state index in [2.05, 4.69) is 32.6 Å². The summed E-state index contributed by atoms with van der Waals surface area (Å²) in [7, 11) is 0. The predicted molar refractivity (Wildman–Crippen MR) is 89.7 cm³/mol. The highest BCUT2D eigenvalue weighted by Crippen LogP contribution is 2.30. The third kappa shape index (κ3) is 3.58. The molecule has 2 atom stereocenters. The zero-order chi connectivity index (χ0) is 14.5. The minimum absolute atomic E-state index is 0.0478. The molecule has 0 aromatic carbocycles. The molecule has 2 rings (SSSR count). The van der Waals surface area contributed by atoms with E-state index in [4.69, 9.17) is 0 Å². The second-order valence-electron chi connectivity index (χ2n) is 5.21. The Morgan fingerprint density at radius 3 is 2.95 bits per heavy atom. The van der Waals surface area contributed by atoms with E-state index in [9.17, 15) is 4.79 Å². The zero-order valence-corrected chi connectivity index (χ0v) is 14.5. The molecule has 1 N–H and O–H groups in total. The number of nitrogens with one attached hydrogen (secondary N) is 1. The van der Waals surface area contributed by atoms with Gasteiger partial charge in [0.1, 0.15) is 4.47 Å². The van der Waals surface area contributed by atoms with Gasteiger partial charge in [0.15, 0.2) is 0 Å². The molecule has 1 fully saturated rings. The highest BCUT2D eigenvalue weighted by molar-refractivity contribution is 9.10. The Morgan fingerprint density at radius 2 is 2.25 bits per heavy atom. The standard InChI is InChI=1S/C14H22BrN3OS/c1-3-8-18-14(19)13(15)11(9-16-18)17-10-6-4-5-7-12(10)20-2/h9-10,12,17H,3-8H2,1-2H3. The molecule has 0 amide bonds. The van der Waals surface area contributed by atoms with Crippen LogP contribution in [0.25, 0.3) is 0 Å². The van der Waals surface area contributed by atoms with Crippen LogP contribution >= 0.6 is 27.7 Å². The Labute approximate surface area is 132 Å². The van der Waals surface area contributed by atoms with E-state index in [1.807, 2.05) is 18.7 Å². The lowest BCUT2D eigenvalue weighted by atomic mass is 9.95. The van der Waals surface area contributed by atoms with Crippen LogP contribution in [-0.4, -0.2) is 27.3 Å². The van der Waals surface area contributed by atoms with E-state index in [-0.39, 0.29) is 5.56 Å². The third-order valence-corrected chi connectivity index (χ3v) is 5.70. The van der Waals surface area contributed by atoms with Gasteiger partial charge in [0.05, 0.1) is 11.9 Å². The maximum absolute atomic E-state index is 12.2. The van der Waals surface area contributed by atoms with Crippen molar-refractivity contribution in [1.29, 1.82) is 0 Å². The van der Waals surface area contributed by atoms with Crippen LogP contribution in [0.15, 0.2) is 15.5 Å². The molecule has 0 aliphatic heterocycles. The second-order valence-corrected chi connectivity index (χ2v) is 7.08. The van der Waals surface area contributed by atoms with Crippen LogP contribution in [0.4, 0.5) is 5.69 Å². The SMILES string of the molecule is CCCn1ncc(NC2CCCCC2SC)c(Br)c1=O. The summed E-state index contributed by atoms with van der Waals surface area (Å²) in [5.41, 5.74) is 0.779. The average molecular weight is 360 g/mol. The van der Waals surface area contributed by atoms with E-state index in [0.29, 0.717) is 22.3 Å². The zero-order valence-electron chi connectivity index (χ0n) is 12.1. The van der Waals surface area contributed by atoms with Gasteiger partial charge in [-0.2, -0.15) is 16.9 Å². The van der Waals surface area contributed by atoms with Crippen LogP contribution in [0.3, 0.4) is 0 Å². The van der Waals surface area contributed by atoms with Gasteiger partial charge >= 0.3 is 0 Å². The lowest BCUT2D eigenvalue weighted by Gasteiger charge is -2.31. The molecule has 0 bridgehead atoms. The summed E-state index contributed by atoms with van der Waals surface area (Å²) >= 11 is 5.34. The van der Waals surface area contributed by atoms with Crippen LogP contribution in [-0.2, 0) is 6.54 Å². The summed E-state index contributed by atoms with van der Waals surface area (Å²) < 4.78 is 2.12. The van der Waals surface area contributed by atoms with Crippen molar-refractivity contribution in [2.45, 2.75) is 56.9 Å². The number of aromatic nitrogens is 2. The number of hydrogen-bond donors (Lipinski definition) is 1. The first-order chi connectivity index (χ1) is 9.67. The first-order valence-corrected chi connectivity index (χ1v) is 9.30. The molecule has 1 aliphatic rings. The molecule has 20 heavy (non-hydrogen) atoms. The van der Waals surface area contributed by atoms with Crippen molar-refractivity contribution in [3.05, 3.63) is 21.0 Å². The third-order valence-electron chi connectivity index (χ3n) is 3.77. The van der Waals surface area contributed by atoms with Crippen LogP contribution in [0.2, 0.25) is 0 Å². The molecular weight excluding hydrogens is 338 g/mol. The van der Waals surface area contributed by atoms with Gasteiger partial charge in [-0.25, -0.2) is 4.68 Å². The molecule has 6 heteroatoms. The summed E-state index contributed by atoms with van der Waals surface area (Å²) in [6, 6.07) is 0.429. The molecule has 0 saturated heterocycles. The first kappa shape index (κ1) is 15.9. The maximum Gasteiger partial charge on any atom is 0.283 e. The molecule has 0 spiro atoms. The van der Waals surface area contributed by atoms with Crippen molar-refractivity contribution < 1.29 is 0 Å².